The number of carbonyl (C=O) groups is 3. The Morgan fingerprint density at radius 1 is 0.957 bits per heavy atom. The second-order valence-corrected chi connectivity index (χ2v) is 15.2. The van der Waals surface area contributed by atoms with E-state index in [9.17, 15) is 33.5 Å². The summed E-state index contributed by atoms with van der Waals surface area (Å²) >= 11 is 0. The standard InChI is InChI=1S/C34H39N4O7P/c39-30-17-23(11-14-35-30)26-18-34(12-13-34)37(19-26)33(42)29-10-9-27-3-1-2-4-28(32(41)38(27)29)36-31(40)24-8-7-22-6-5-21(15-25(22)16-24)20-46(43,44)45/h5-8,11,14-17,26-29H,1-4,9-10,12-13,18-20H2,(H,35,39)(H,36,40)(H2,43,44,45)/t26-,27+,28+,29+/m1/s1. The molecule has 1 spiro atoms. The van der Waals surface area contributed by atoms with Gasteiger partial charge in [-0.25, -0.2) is 0 Å². The molecule has 1 aliphatic carbocycles. The summed E-state index contributed by atoms with van der Waals surface area (Å²) in [6, 6.07) is 12.4. The molecule has 4 aliphatic rings. The van der Waals surface area contributed by atoms with Crippen LogP contribution in [-0.2, 0) is 20.3 Å². The molecule has 12 heteroatoms. The minimum Gasteiger partial charge on any atom is -0.340 e. The number of benzene rings is 2. The zero-order valence-electron chi connectivity index (χ0n) is 25.6. The number of rotatable bonds is 6. The van der Waals surface area contributed by atoms with Gasteiger partial charge >= 0.3 is 7.60 Å². The van der Waals surface area contributed by atoms with Crippen molar-refractivity contribution in [3.63, 3.8) is 0 Å². The van der Waals surface area contributed by atoms with Crippen LogP contribution in [0.25, 0.3) is 10.8 Å². The lowest BCUT2D eigenvalue weighted by Crippen LogP contribution is -2.57. The van der Waals surface area contributed by atoms with Gasteiger partial charge in [0.05, 0.1) is 6.16 Å². The van der Waals surface area contributed by atoms with E-state index >= 15 is 0 Å². The van der Waals surface area contributed by atoms with Gasteiger partial charge in [0, 0.05) is 41.9 Å². The van der Waals surface area contributed by atoms with Crippen LogP contribution in [-0.4, -0.2) is 72.5 Å². The van der Waals surface area contributed by atoms with E-state index in [0.717, 1.165) is 55.9 Å². The molecular weight excluding hydrogens is 607 g/mol. The van der Waals surface area contributed by atoms with Crippen LogP contribution in [0.15, 0.2) is 59.5 Å². The summed E-state index contributed by atoms with van der Waals surface area (Å²) in [7, 11) is -4.25. The molecule has 3 aliphatic heterocycles. The van der Waals surface area contributed by atoms with Gasteiger partial charge in [-0.3, -0.25) is 23.7 Å². The first-order chi connectivity index (χ1) is 22.0. The molecule has 4 heterocycles. The first-order valence-electron chi connectivity index (χ1n) is 16.2. The molecule has 242 valence electrons. The highest BCUT2D eigenvalue weighted by molar-refractivity contribution is 7.50. The Morgan fingerprint density at radius 2 is 1.74 bits per heavy atom. The number of pyridine rings is 1. The molecule has 1 saturated carbocycles. The third kappa shape index (κ3) is 6.04. The number of hydrogen-bond acceptors (Lipinski definition) is 5. The van der Waals surface area contributed by atoms with Crippen molar-refractivity contribution in [2.45, 2.75) is 93.5 Å². The van der Waals surface area contributed by atoms with Crippen LogP contribution >= 0.6 is 7.60 Å². The highest BCUT2D eigenvalue weighted by Gasteiger charge is 2.58. The summed E-state index contributed by atoms with van der Waals surface area (Å²) in [6.45, 7) is 0.531. The maximum Gasteiger partial charge on any atom is 0.329 e. The van der Waals surface area contributed by atoms with Crippen LogP contribution in [0.4, 0.5) is 0 Å². The third-order valence-corrected chi connectivity index (χ3v) is 11.2. The maximum atomic E-state index is 14.3. The van der Waals surface area contributed by atoms with Crippen LogP contribution in [0, 0.1) is 0 Å². The number of H-pyrrole nitrogens is 1. The van der Waals surface area contributed by atoms with E-state index in [1.165, 1.54) is 0 Å². The van der Waals surface area contributed by atoms with Crippen LogP contribution < -0.4 is 10.9 Å². The number of aromatic nitrogens is 1. The zero-order valence-corrected chi connectivity index (χ0v) is 26.5. The van der Waals surface area contributed by atoms with Gasteiger partial charge in [-0.15, -0.1) is 0 Å². The fourth-order valence-corrected chi connectivity index (χ4v) is 8.70. The number of carbonyl (C=O) groups excluding carboxylic acids is 3. The van der Waals surface area contributed by atoms with Crippen LogP contribution in [0.2, 0.25) is 0 Å². The average molecular weight is 647 g/mol. The number of hydrogen-bond donors (Lipinski definition) is 4. The molecule has 3 saturated heterocycles. The zero-order chi connectivity index (χ0) is 32.2. The SMILES string of the molecule is O=C(N[C@H]1CCCC[C@H]2CC[C@@H](C(=O)N3C[C@H](c4cc[nH]c(=O)c4)CC34CC4)N2C1=O)c1ccc2ccc(CP(=O)(O)O)cc2c1. The minimum atomic E-state index is -4.25. The van der Waals surface area contributed by atoms with E-state index in [0.29, 0.717) is 35.9 Å². The van der Waals surface area contributed by atoms with Crippen molar-refractivity contribution in [2.75, 3.05) is 6.54 Å². The Bertz CT molecular complexity index is 1810. The molecule has 0 bridgehead atoms. The predicted octanol–water partition coefficient (Wildman–Crippen LogP) is 3.79. The van der Waals surface area contributed by atoms with Gasteiger partial charge in [0.2, 0.25) is 17.4 Å². The lowest BCUT2D eigenvalue weighted by atomic mass is 9.96. The summed E-state index contributed by atoms with van der Waals surface area (Å²) < 4.78 is 11.5. The molecule has 3 amide bonds. The van der Waals surface area contributed by atoms with Crippen molar-refractivity contribution in [2.24, 2.45) is 0 Å². The summed E-state index contributed by atoms with van der Waals surface area (Å²) in [6.07, 6.45) is 8.28. The molecule has 0 radical (unpaired) electrons. The lowest BCUT2D eigenvalue weighted by Gasteiger charge is -2.37. The summed E-state index contributed by atoms with van der Waals surface area (Å²) in [5.41, 5.74) is 1.40. The number of amides is 3. The van der Waals surface area contributed by atoms with Gasteiger partial charge in [-0.05, 0) is 85.0 Å². The smallest absolute Gasteiger partial charge is 0.329 e. The number of likely N-dealkylation sites (tertiary alicyclic amines) is 1. The fourth-order valence-electron chi connectivity index (χ4n) is 8.03. The molecule has 3 aromatic rings. The predicted molar refractivity (Wildman–Crippen MR) is 171 cm³/mol. The van der Waals surface area contributed by atoms with Crippen molar-refractivity contribution in [1.82, 2.24) is 20.1 Å². The van der Waals surface area contributed by atoms with E-state index in [1.54, 1.807) is 53.6 Å². The molecule has 2 aromatic carbocycles. The average Bonchev–Trinajstić information content (AvgIpc) is 3.50. The first kappa shape index (κ1) is 30.8. The first-order valence-corrected chi connectivity index (χ1v) is 18.0. The van der Waals surface area contributed by atoms with Crippen LogP contribution in [0.5, 0.6) is 0 Å². The molecule has 46 heavy (non-hydrogen) atoms. The summed E-state index contributed by atoms with van der Waals surface area (Å²) in [5, 5.41) is 4.46. The van der Waals surface area contributed by atoms with Crippen molar-refractivity contribution in [1.29, 1.82) is 0 Å². The Kier molecular flexibility index (Phi) is 7.90. The maximum absolute atomic E-state index is 14.3. The van der Waals surface area contributed by atoms with Crippen LogP contribution in [0.3, 0.4) is 0 Å². The number of fused-ring (bicyclic) bond motifs is 2. The minimum absolute atomic E-state index is 0.0213. The van der Waals surface area contributed by atoms with Gasteiger partial charge in [-0.1, -0.05) is 37.1 Å². The monoisotopic (exact) mass is 646 g/mol. The Morgan fingerprint density at radius 3 is 2.50 bits per heavy atom. The molecule has 4 atom stereocenters. The molecule has 11 nitrogen and oxygen atoms in total. The summed E-state index contributed by atoms with van der Waals surface area (Å²) in [4.78, 5) is 79.2. The Hall–Kier alpha value is -3.79. The Labute approximate surface area is 266 Å². The van der Waals surface area contributed by atoms with Crippen molar-refractivity contribution < 1.29 is 28.7 Å². The quantitative estimate of drug-likeness (QED) is 0.297. The normalized spacial score (nSPS) is 25.7. The van der Waals surface area contributed by atoms with Gasteiger partial charge in [0.25, 0.3) is 5.91 Å². The van der Waals surface area contributed by atoms with Gasteiger partial charge in [0.1, 0.15) is 12.1 Å². The van der Waals surface area contributed by atoms with Crippen LogP contribution in [0.1, 0.15) is 85.2 Å². The van der Waals surface area contributed by atoms with Crippen molar-refractivity contribution in [3.05, 3.63) is 81.8 Å². The summed E-state index contributed by atoms with van der Waals surface area (Å²) in [5.74, 6) is -0.561. The number of aromatic amines is 1. The molecular formula is C34H39N4O7P. The van der Waals surface area contributed by atoms with E-state index in [4.69, 9.17) is 0 Å². The Balaban J connectivity index is 1.09. The third-order valence-electron chi connectivity index (χ3n) is 10.4. The largest absolute Gasteiger partial charge is 0.340 e. The van der Waals surface area contributed by atoms with Gasteiger partial charge in [0.15, 0.2) is 0 Å². The molecule has 4 fully saturated rings. The molecule has 4 N–H and O–H groups in total. The van der Waals surface area contributed by atoms with E-state index in [-0.39, 0.29) is 34.9 Å². The second-order valence-electron chi connectivity index (χ2n) is 13.6. The highest BCUT2D eigenvalue weighted by atomic mass is 31.2. The molecule has 0 unspecified atom stereocenters. The van der Waals surface area contributed by atoms with Crippen molar-refractivity contribution in [3.8, 4) is 0 Å². The van der Waals surface area contributed by atoms with E-state index < -0.39 is 31.7 Å². The van der Waals surface area contributed by atoms with Crippen molar-refractivity contribution >= 4 is 36.1 Å². The number of nitrogens with zero attached hydrogens (tertiary/aromatic N) is 2. The topological polar surface area (TPSA) is 160 Å². The molecule has 1 aromatic heterocycles. The van der Waals surface area contributed by atoms with Gasteiger partial charge < -0.3 is 29.9 Å². The highest BCUT2D eigenvalue weighted by Crippen LogP contribution is 2.54. The van der Waals surface area contributed by atoms with E-state index in [1.807, 2.05) is 11.0 Å². The van der Waals surface area contributed by atoms with Gasteiger partial charge in [-0.2, -0.15) is 0 Å². The fraction of sp³-hybridized carbons (Fsp3) is 0.471. The number of nitrogens with one attached hydrogen (secondary N) is 2. The van der Waals surface area contributed by atoms with E-state index in [2.05, 4.69) is 10.3 Å². The second kappa shape index (κ2) is 11.8. The lowest BCUT2D eigenvalue weighted by molar-refractivity contribution is -0.148. The molecule has 7 rings (SSSR count).